The Morgan fingerprint density at radius 1 is 1.39 bits per heavy atom. The lowest BCUT2D eigenvalue weighted by atomic mass is 10.0. The predicted molar refractivity (Wildman–Crippen MR) is 96.2 cm³/mol. The molecule has 0 fully saturated rings. The second-order valence-corrected chi connectivity index (χ2v) is 6.24. The van der Waals surface area contributed by atoms with E-state index in [0.29, 0.717) is 22.5 Å². The molecule has 3 aromatic rings. The molecule has 0 saturated carbocycles. The van der Waals surface area contributed by atoms with E-state index in [-0.39, 0.29) is 23.4 Å². The number of carbonyl (C=O) groups is 1. The molecule has 0 unspecified atom stereocenters. The van der Waals surface area contributed by atoms with Gasteiger partial charge in [0.15, 0.2) is 0 Å². The number of fused-ring (bicyclic) bond motifs is 1. The molecule has 3 rings (SSSR count). The quantitative estimate of drug-likeness (QED) is 0.717. The van der Waals surface area contributed by atoms with Gasteiger partial charge in [-0.15, -0.1) is 0 Å². The number of hydrogen-bond donors (Lipinski definition) is 2. The van der Waals surface area contributed by atoms with Gasteiger partial charge < -0.3 is 10.3 Å². The number of halogens is 2. The molecule has 142 valence electrons. The van der Waals surface area contributed by atoms with Crippen LogP contribution in [-0.2, 0) is 11.2 Å². The van der Waals surface area contributed by atoms with Gasteiger partial charge in [-0.3, -0.25) is 14.6 Å². The van der Waals surface area contributed by atoms with Crippen molar-refractivity contribution < 1.29 is 13.6 Å². The first-order chi connectivity index (χ1) is 13.3. The SMILES string of the molecule is Cc1c(CC(=O)N[C@@H](C)c2ncc(F)cc2F)c(=O)[nH]c2ccnc(C#N)c12. The molecule has 0 radical (unpaired) electrons. The van der Waals surface area contributed by atoms with E-state index >= 15 is 0 Å². The fraction of sp³-hybridized carbons (Fsp3) is 0.211. The Bertz CT molecular complexity index is 1180. The van der Waals surface area contributed by atoms with Crippen LogP contribution in [0.25, 0.3) is 10.9 Å². The first-order valence-electron chi connectivity index (χ1n) is 8.32. The molecule has 0 spiro atoms. The molecule has 9 heteroatoms. The molecule has 0 aliphatic heterocycles. The third kappa shape index (κ3) is 3.57. The van der Waals surface area contributed by atoms with Crippen molar-refractivity contribution in [1.82, 2.24) is 20.3 Å². The van der Waals surface area contributed by atoms with Crippen LogP contribution < -0.4 is 10.9 Å². The van der Waals surface area contributed by atoms with Gasteiger partial charge in [-0.05, 0) is 25.5 Å². The number of pyridine rings is 3. The Balaban J connectivity index is 1.89. The smallest absolute Gasteiger partial charge is 0.252 e. The van der Waals surface area contributed by atoms with Crippen LogP contribution in [0.3, 0.4) is 0 Å². The summed E-state index contributed by atoms with van der Waals surface area (Å²) in [5.74, 6) is -2.24. The number of aryl methyl sites for hydroxylation is 1. The average molecular weight is 383 g/mol. The second kappa shape index (κ2) is 7.52. The Kier molecular flexibility index (Phi) is 5.13. The van der Waals surface area contributed by atoms with Gasteiger partial charge in [-0.25, -0.2) is 13.8 Å². The zero-order chi connectivity index (χ0) is 20.4. The number of hydrogen-bond acceptors (Lipinski definition) is 5. The van der Waals surface area contributed by atoms with E-state index in [2.05, 4.69) is 20.3 Å². The maximum Gasteiger partial charge on any atom is 0.252 e. The van der Waals surface area contributed by atoms with Crippen LogP contribution in [0.15, 0.2) is 29.3 Å². The summed E-state index contributed by atoms with van der Waals surface area (Å²) < 4.78 is 26.8. The number of nitrogens with one attached hydrogen (secondary N) is 2. The number of aromatic nitrogens is 3. The molecule has 2 N–H and O–H groups in total. The molecular formula is C19H15F2N5O2. The van der Waals surface area contributed by atoms with Crippen LogP contribution in [0, 0.1) is 29.9 Å². The van der Waals surface area contributed by atoms with Crippen LogP contribution in [0.4, 0.5) is 8.78 Å². The molecule has 3 aromatic heterocycles. The van der Waals surface area contributed by atoms with E-state index in [4.69, 9.17) is 0 Å². The fourth-order valence-corrected chi connectivity index (χ4v) is 3.03. The lowest BCUT2D eigenvalue weighted by Crippen LogP contribution is -2.31. The molecule has 3 heterocycles. The van der Waals surface area contributed by atoms with Crippen LogP contribution in [-0.4, -0.2) is 20.9 Å². The highest BCUT2D eigenvalue weighted by Crippen LogP contribution is 2.20. The highest BCUT2D eigenvalue weighted by atomic mass is 19.1. The van der Waals surface area contributed by atoms with Crippen molar-refractivity contribution in [3.8, 4) is 6.07 Å². The number of nitrogens with zero attached hydrogens (tertiary/aromatic N) is 3. The fourth-order valence-electron chi connectivity index (χ4n) is 3.03. The molecule has 1 atom stereocenters. The average Bonchev–Trinajstić information content (AvgIpc) is 2.64. The maximum atomic E-state index is 13.8. The lowest BCUT2D eigenvalue weighted by molar-refractivity contribution is -0.121. The van der Waals surface area contributed by atoms with Crippen molar-refractivity contribution in [2.75, 3.05) is 0 Å². The first kappa shape index (κ1) is 19.1. The van der Waals surface area contributed by atoms with E-state index in [9.17, 15) is 23.6 Å². The second-order valence-electron chi connectivity index (χ2n) is 6.24. The van der Waals surface area contributed by atoms with E-state index in [1.54, 1.807) is 13.0 Å². The number of carbonyl (C=O) groups excluding carboxylic acids is 1. The highest BCUT2D eigenvalue weighted by molar-refractivity contribution is 5.88. The number of aromatic amines is 1. The Hall–Kier alpha value is -3.67. The molecule has 0 bridgehead atoms. The van der Waals surface area contributed by atoms with Crippen LogP contribution in [0.2, 0.25) is 0 Å². The van der Waals surface area contributed by atoms with Gasteiger partial charge in [0.05, 0.1) is 29.9 Å². The minimum absolute atomic E-state index is 0.116. The first-order valence-corrected chi connectivity index (χ1v) is 8.32. The molecule has 0 aliphatic rings. The molecule has 0 aliphatic carbocycles. The molecule has 0 aromatic carbocycles. The summed E-state index contributed by atoms with van der Waals surface area (Å²) in [6.45, 7) is 3.13. The van der Waals surface area contributed by atoms with Gasteiger partial charge in [0.25, 0.3) is 5.56 Å². The normalized spacial score (nSPS) is 11.8. The van der Waals surface area contributed by atoms with Crippen molar-refractivity contribution in [2.24, 2.45) is 0 Å². The van der Waals surface area contributed by atoms with E-state index in [1.165, 1.54) is 13.1 Å². The third-order valence-corrected chi connectivity index (χ3v) is 4.37. The van der Waals surface area contributed by atoms with Crippen molar-refractivity contribution >= 4 is 16.8 Å². The van der Waals surface area contributed by atoms with Crippen molar-refractivity contribution in [1.29, 1.82) is 5.26 Å². The molecule has 0 saturated heterocycles. The summed E-state index contributed by atoms with van der Waals surface area (Å²) in [6, 6.07) is 3.38. The Morgan fingerprint density at radius 3 is 2.82 bits per heavy atom. The summed E-state index contributed by atoms with van der Waals surface area (Å²) in [6.07, 6.45) is 1.98. The van der Waals surface area contributed by atoms with Crippen LogP contribution in [0.5, 0.6) is 0 Å². The maximum absolute atomic E-state index is 13.8. The summed E-state index contributed by atoms with van der Waals surface area (Å²) >= 11 is 0. The predicted octanol–water partition coefficient (Wildman–Crippen LogP) is 2.20. The zero-order valence-electron chi connectivity index (χ0n) is 15.0. The molecular weight excluding hydrogens is 368 g/mol. The minimum atomic E-state index is -0.878. The summed E-state index contributed by atoms with van der Waals surface area (Å²) in [4.78, 5) is 35.1. The van der Waals surface area contributed by atoms with Crippen molar-refractivity contribution in [3.63, 3.8) is 0 Å². The van der Waals surface area contributed by atoms with Gasteiger partial charge in [-0.2, -0.15) is 5.26 Å². The standard InChI is InChI=1S/C19H15F2N5O2/c1-9-12(19(28)26-14-3-4-23-15(7-22)17(9)14)6-16(27)25-10(2)18-13(21)5-11(20)8-24-18/h3-5,8,10H,6H2,1-2H3,(H,25,27)(H,26,28)/t10-/m0/s1. The lowest BCUT2D eigenvalue weighted by Gasteiger charge is -2.15. The summed E-state index contributed by atoms with van der Waals surface area (Å²) in [5.41, 5.74) is 0.651. The summed E-state index contributed by atoms with van der Waals surface area (Å²) in [7, 11) is 0. The van der Waals surface area contributed by atoms with Crippen LogP contribution in [0.1, 0.15) is 35.5 Å². The third-order valence-electron chi connectivity index (χ3n) is 4.37. The zero-order valence-corrected chi connectivity index (χ0v) is 15.0. The van der Waals surface area contributed by atoms with E-state index in [1.807, 2.05) is 6.07 Å². The van der Waals surface area contributed by atoms with Gasteiger partial charge in [0, 0.05) is 23.2 Å². The molecule has 1 amide bonds. The van der Waals surface area contributed by atoms with Gasteiger partial charge >= 0.3 is 0 Å². The Labute approximate surface area is 158 Å². The number of amides is 1. The largest absolute Gasteiger partial charge is 0.348 e. The highest BCUT2D eigenvalue weighted by Gasteiger charge is 2.19. The van der Waals surface area contributed by atoms with Gasteiger partial charge in [0.2, 0.25) is 5.91 Å². The van der Waals surface area contributed by atoms with Crippen molar-refractivity contribution in [3.05, 3.63) is 69.0 Å². The van der Waals surface area contributed by atoms with E-state index < -0.39 is 29.1 Å². The van der Waals surface area contributed by atoms with Crippen LogP contribution >= 0.6 is 0 Å². The minimum Gasteiger partial charge on any atom is -0.348 e. The number of H-pyrrole nitrogens is 1. The van der Waals surface area contributed by atoms with E-state index in [0.717, 1.165) is 6.20 Å². The molecule has 28 heavy (non-hydrogen) atoms. The number of rotatable bonds is 4. The topological polar surface area (TPSA) is 112 Å². The Morgan fingerprint density at radius 2 is 2.14 bits per heavy atom. The van der Waals surface area contributed by atoms with Gasteiger partial charge in [-0.1, -0.05) is 0 Å². The van der Waals surface area contributed by atoms with Crippen molar-refractivity contribution in [2.45, 2.75) is 26.3 Å². The van der Waals surface area contributed by atoms with Gasteiger partial charge in [0.1, 0.15) is 23.4 Å². The molecule has 7 nitrogen and oxygen atoms in total. The summed E-state index contributed by atoms with van der Waals surface area (Å²) in [5, 5.41) is 12.2. The number of nitriles is 1. The monoisotopic (exact) mass is 383 g/mol.